The first-order valence-corrected chi connectivity index (χ1v) is 5.27. The van der Waals surface area contributed by atoms with Crippen molar-refractivity contribution in [2.75, 3.05) is 13.2 Å². The monoisotopic (exact) mass is 229 g/mol. The van der Waals surface area contributed by atoms with Crippen LogP contribution in [0.1, 0.15) is 12.0 Å². The van der Waals surface area contributed by atoms with E-state index in [0.717, 1.165) is 12.0 Å². The molecule has 0 aromatic heterocycles. The van der Waals surface area contributed by atoms with Crippen molar-refractivity contribution in [3.8, 4) is 0 Å². The summed E-state index contributed by atoms with van der Waals surface area (Å²) in [6, 6.07) is 4.35. The van der Waals surface area contributed by atoms with Gasteiger partial charge in [0.2, 0.25) is 0 Å². The third-order valence-electron chi connectivity index (χ3n) is 2.68. The van der Waals surface area contributed by atoms with Gasteiger partial charge in [0.05, 0.1) is 6.61 Å². The fourth-order valence-electron chi connectivity index (χ4n) is 1.82. The van der Waals surface area contributed by atoms with Gasteiger partial charge in [0.15, 0.2) is 0 Å². The molecule has 1 fully saturated rings. The summed E-state index contributed by atoms with van der Waals surface area (Å²) in [5.74, 6) is -0.281. The molecule has 82 valence electrons. The van der Waals surface area contributed by atoms with Gasteiger partial charge in [-0.2, -0.15) is 0 Å². The molecule has 1 atom stereocenters. The van der Waals surface area contributed by atoms with Crippen molar-refractivity contribution in [1.82, 2.24) is 0 Å². The molecule has 1 aliphatic rings. The fraction of sp³-hybridized carbons (Fsp3) is 0.455. The van der Waals surface area contributed by atoms with Crippen LogP contribution < -0.4 is 5.73 Å². The van der Waals surface area contributed by atoms with E-state index >= 15 is 0 Å². The Morgan fingerprint density at radius 3 is 3.00 bits per heavy atom. The zero-order valence-corrected chi connectivity index (χ0v) is 9.06. The van der Waals surface area contributed by atoms with Crippen molar-refractivity contribution in [1.29, 1.82) is 0 Å². The standard InChI is InChI=1S/C11H13ClFNO/c12-10-2-1-9(13)5-8(10)6-11(14)3-4-15-7-11/h1-2,5H,3-4,6-7,14H2. The molecular weight excluding hydrogens is 217 g/mol. The van der Waals surface area contributed by atoms with Gasteiger partial charge in [-0.25, -0.2) is 4.39 Å². The van der Waals surface area contributed by atoms with Crippen LogP contribution in [0.25, 0.3) is 0 Å². The van der Waals surface area contributed by atoms with E-state index in [9.17, 15) is 4.39 Å². The van der Waals surface area contributed by atoms with Gasteiger partial charge in [-0.3, -0.25) is 0 Å². The zero-order valence-electron chi connectivity index (χ0n) is 8.30. The van der Waals surface area contributed by atoms with Gasteiger partial charge in [0.25, 0.3) is 0 Å². The largest absolute Gasteiger partial charge is 0.379 e. The van der Waals surface area contributed by atoms with Gasteiger partial charge >= 0.3 is 0 Å². The smallest absolute Gasteiger partial charge is 0.123 e. The van der Waals surface area contributed by atoms with Crippen LogP contribution in [0.5, 0.6) is 0 Å². The Morgan fingerprint density at radius 2 is 2.33 bits per heavy atom. The normalized spacial score (nSPS) is 25.8. The molecule has 1 heterocycles. The van der Waals surface area contributed by atoms with Crippen LogP contribution >= 0.6 is 11.6 Å². The van der Waals surface area contributed by atoms with E-state index in [2.05, 4.69) is 0 Å². The Hall–Kier alpha value is -0.640. The summed E-state index contributed by atoms with van der Waals surface area (Å²) >= 11 is 5.97. The molecule has 0 spiro atoms. The highest BCUT2D eigenvalue weighted by molar-refractivity contribution is 6.31. The average Bonchev–Trinajstić information content (AvgIpc) is 2.59. The van der Waals surface area contributed by atoms with Crippen molar-refractivity contribution in [3.05, 3.63) is 34.6 Å². The maximum absolute atomic E-state index is 13.0. The summed E-state index contributed by atoms with van der Waals surface area (Å²) in [5.41, 5.74) is 6.47. The van der Waals surface area contributed by atoms with Crippen LogP contribution in [-0.2, 0) is 11.2 Å². The molecular formula is C11H13ClFNO. The van der Waals surface area contributed by atoms with Gasteiger partial charge in [-0.15, -0.1) is 0 Å². The number of benzene rings is 1. The van der Waals surface area contributed by atoms with Crippen LogP contribution in [0.2, 0.25) is 5.02 Å². The molecule has 0 aliphatic carbocycles. The summed E-state index contributed by atoms with van der Waals surface area (Å²) < 4.78 is 18.3. The third kappa shape index (κ3) is 2.48. The van der Waals surface area contributed by atoms with E-state index < -0.39 is 5.54 Å². The summed E-state index contributed by atoms with van der Waals surface area (Å²) in [4.78, 5) is 0. The SMILES string of the molecule is NC1(Cc2cc(F)ccc2Cl)CCOC1. The minimum atomic E-state index is -0.391. The van der Waals surface area contributed by atoms with Crippen molar-refractivity contribution < 1.29 is 9.13 Å². The molecule has 15 heavy (non-hydrogen) atoms. The Bertz CT molecular complexity index is 364. The summed E-state index contributed by atoms with van der Waals surface area (Å²) in [6.07, 6.45) is 1.35. The van der Waals surface area contributed by atoms with Crippen LogP contribution in [0.3, 0.4) is 0 Å². The molecule has 0 bridgehead atoms. The maximum atomic E-state index is 13.0. The third-order valence-corrected chi connectivity index (χ3v) is 3.05. The predicted molar refractivity (Wildman–Crippen MR) is 57.5 cm³/mol. The van der Waals surface area contributed by atoms with E-state index in [1.165, 1.54) is 12.1 Å². The average molecular weight is 230 g/mol. The highest BCUT2D eigenvalue weighted by Gasteiger charge is 2.31. The fourth-order valence-corrected chi connectivity index (χ4v) is 2.00. The van der Waals surface area contributed by atoms with Gasteiger partial charge in [-0.1, -0.05) is 11.6 Å². The van der Waals surface area contributed by atoms with Crippen molar-refractivity contribution in [3.63, 3.8) is 0 Å². The van der Waals surface area contributed by atoms with Crippen molar-refractivity contribution >= 4 is 11.6 Å². The lowest BCUT2D eigenvalue weighted by Gasteiger charge is -2.22. The molecule has 0 amide bonds. The maximum Gasteiger partial charge on any atom is 0.123 e. The van der Waals surface area contributed by atoms with Crippen LogP contribution in [0.4, 0.5) is 4.39 Å². The van der Waals surface area contributed by atoms with Crippen LogP contribution in [0.15, 0.2) is 18.2 Å². The lowest BCUT2D eigenvalue weighted by Crippen LogP contribution is -2.42. The van der Waals surface area contributed by atoms with E-state index in [4.69, 9.17) is 22.1 Å². The number of rotatable bonds is 2. The number of ether oxygens (including phenoxy) is 1. The Kier molecular flexibility index (Phi) is 2.96. The number of hydrogen-bond donors (Lipinski definition) is 1. The molecule has 1 saturated heterocycles. The topological polar surface area (TPSA) is 35.2 Å². The molecule has 0 saturated carbocycles. The Balaban J connectivity index is 2.19. The first-order valence-electron chi connectivity index (χ1n) is 4.90. The quantitative estimate of drug-likeness (QED) is 0.844. The first-order chi connectivity index (χ1) is 7.09. The number of halogens is 2. The zero-order chi connectivity index (χ0) is 10.9. The van der Waals surface area contributed by atoms with E-state index in [-0.39, 0.29) is 5.82 Å². The van der Waals surface area contributed by atoms with Gasteiger partial charge in [0.1, 0.15) is 5.82 Å². The Morgan fingerprint density at radius 1 is 1.53 bits per heavy atom. The summed E-state index contributed by atoms with van der Waals surface area (Å²) in [6.45, 7) is 1.18. The molecule has 1 aliphatic heterocycles. The van der Waals surface area contributed by atoms with Gasteiger partial charge in [0, 0.05) is 17.2 Å². The second-order valence-corrected chi connectivity index (χ2v) is 4.48. The van der Waals surface area contributed by atoms with E-state index in [1.54, 1.807) is 6.07 Å². The number of nitrogens with two attached hydrogens (primary N) is 1. The molecule has 2 rings (SSSR count). The van der Waals surface area contributed by atoms with E-state index in [1.807, 2.05) is 0 Å². The minimum Gasteiger partial charge on any atom is -0.379 e. The second kappa shape index (κ2) is 4.08. The highest BCUT2D eigenvalue weighted by Crippen LogP contribution is 2.25. The first kappa shape index (κ1) is 10.9. The predicted octanol–water partition coefficient (Wildman–Crippen LogP) is 2.14. The lowest BCUT2D eigenvalue weighted by atomic mass is 9.91. The van der Waals surface area contributed by atoms with Crippen molar-refractivity contribution in [2.24, 2.45) is 5.73 Å². The summed E-state index contributed by atoms with van der Waals surface area (Å²) in [5, 5.41) is 0.563. The minimum absolute atomic E-state index is 0.281. The highest BCUT2D eigenvalue weighted by atomic mass is 35.5. The molecule has 2 N–H and O–H groups in total. The molecule has 1 aromatic rings. The van der Waals surface area contributed by atoms with Gasteiger partial charge in [-0.05, 0) is 36.6 Å². The second-order valence-electron chi connectivity index (χ2n) is 4.08. The van der Waals surface area contributed by atoms with E-state index in [0.29, 0.717) is 24.7 Å². The van der Waals surface area contributed by atoms with Crippen LogP contribution in [0, 0.1) is 5.82 Å². The van der Waals surface area contributed by atoms with Crippen molar-refractivity contribution in [2.45, 2.75) is 18.4 Å². The molecule has 4 heteroatoms. The molecule has 2 nitrogen and oxygen atoms in total. The molecule has 1 aromatic carbocycles. The van der Waals surface area contributed by atoms with Crippen LogP contribution in [-0.4, -0.2) is 18.8 Å². The molecule has 0 radical (unpaired) electrons. The van der Waals surface area contributed by atoms with Gasteiger partial charge < -0.3 is 10.5 Å². The molecule has 1 unspecified atom stereocenters. The number of hydrogen-bond acceptors (Lipinski definition) is 2. The lowest BCUT2D eigenvalue weighted by molar-refractivity contribution is 0.178. The Labute approximate surface area is 93.2 Å². The summed E-state index contributed by atoms with van der Waals surface area (Å²) in [7, 11) is 0.